The van der Waals surface area contributed by atoms with Crippen LogP contribution in [-0.4, -0.2) is 10.9 Å². The normalized spacial score (nSPS) is 11.3. The van der Waals surface area contributed by atoms with E-state index in [2.05, 4.69) is 10.3 Å². The standard InChI is InChI=1S/C23H14Cl2N2O2S/c24-14-7-10-18-17(12-14)27-20(29-18)11-13-5-8-15(9-6-13)26-23(28)22-21(25)16-3-1-2-4-19(16)30-22/h1-10,12H,11H2,(H,26,28). The van der Waals surface area contributed by atoms with Gasteiger partial charge in [0, 0.05) is 27.2 Å². The number of thiophene rings is 1. The van der Waals surface area contributed by atoms with Gasteiger partial charge in [-0.1, -0.05) is 53.5 Å². The first kappa shape index (κ1) is 19.1. The maximum Gasteiger partial charge on any atom is 0.267 e. The number of halogens is 2. The van der Waals surface area contributed by atoms with Crippen molar-refractivity contribution >= 4 is 67.3 Å². The van der Waals surface area contributed by atoms with E-state index in [9.17, 15) is 4.79 Å². The summed E-state index contributed by atoms with van der Waals surface area (Å²) in [6.07, 6.45) is 0.544. The summed E-state index contributed by atoms with van der Waals surface area (Å²) in [5.41, 5.74) is 3.16. The van der Waals surface area contributed by atoms with Crippen LogP contribution >= 0.6 is 34.5 Å². The van der Waals surface area contributed by atoms with Gasteiger partial charge in [-0.05, 0) is 42.0 Å². The Balaban J connectivity index is 1.31. The molecule has 1 amide bonds. The van der Waals surface area contributed by atoms with E-state index in [1.54, 1.807) is 12.1 Å². The molecule has 0 aliphatic rings. The summed E-state index contributed by atoms with van der Waals surface area (Å²) in [6.45, 7) is 0. The minimum atomic E-state index is -0.218. The Hall–Kier alpha value is -2.86. The molecule has 148 valence electrons. The number of carbonyl (C=O) groups is 1. The van der Waals surface area contributed by atoms with Crippen LogP contribution in [-0.2, 0) is 6.42 Å². The summed E-state index contributed by atoms with van der Waals surface area (Å²) in [7, 11) is 0. The average molecular weight is 453 g/mol. The molecule has 0 saturated heterocycles. The second-order valence-corrected chi connectivity index (χ2v) is 8.66. The zero-order valence-electron chi connectivity index (χ0n) is 15.5. The zero-order valence-corrected chi connectivity index (χ0v) is 17.8. The summed E-state index contributed by atoms with van der Waals surface area (Å²) < 4.78 is 6.76. The van der Waals surface area contributed by atoms with Crippen LogP contribution in [0.25, 0.3) is 21.2 Å². The maximum absolute atomic E-state index is 12.7. The van der Waals surface area contributed by atoms with Crippen LogP contribution in [0.4, 0.5) is 5.69 Å². The van der Waals surface area contributed by atoms with Gasteiger partial charge in [-0.2, -0.15) is 0 Å². The second-order valence-electron chi connectivity index (χ2n) is 6.79. The lowest BCUT2D eigenvalue weighted by atomic mass is 10.1. The third-order valence-corrected chi connectivity index (χ3v) is 6.61. The van der Waals surface area contributed by atoms with Crippen LogP contribution in [0, 0.1) is 0 Å². The van der Waals surface area contributed by atoms with Crippen molar-refractivity contribution in [3.63, 3.8) is 0 Å². The van der Waals surface area contributed by atoms with Crippen LogP contribution < -0.4 is 5.32 Å². The molecule has 0 radical (unpaired) electrons. The Morgan fingerprint density at radius 2 is 1.83 bits per heavy atom. The number of anilines is 1. The van der Waals surface area contributed by atoms with Gasteiger partial charge >= 0.3 is 0 Å². The molecule has 30 heavy (non-hydrogen) atoms. The third-order valence-electron chi connectivity index (χ3n) is 4.70. The fourth-order valence-corrected chi connectivity index (χ4v) is 4.83. The monoisotopic (exact) mass is 452 g/mol. The second kappa shape index (κ2) is 7.76. The van der Waals surface area contributed by atoms with E-state index in [-0.39, 0.29) is 5.91 Å². The topological polar surface area (TPSA) is 55.1 Å². The number of amides is 1. The number of nitrogens with one attached hydrogen (secondary N) is 1. The smallest absolute Gasteiger partial charge is 0.267 e. The van der Waals surface area contributed by atoms with Crippen LogP contribution in [0.1, 0.15) is 21.1 Å². The molecule has 2 heterocycles. The first-order chi connectivity index (χ1) is 14.6. The lowest BCUT2D eigenvalue weighted by Gasteiger charge is -2.05. The van der Waals surface area contributed by atoms with Crippen LogP contribution in [0.5, 0.6) is 0 Å². The van der Waals surface area contributed by atoms with Crippen molar-refractivity contribution in [2.75, 3.05) is 5.32 Å². The van der Waals surface area contributed by atoms with Gasteiger partial charge in [-0.25, -0.2) is 4.98 Å². The molecule has 0 bridgehead atoms. The third kappa shape index (κ3) is 3.67. The first-order valence-corrected chi connectivity index (χ1v) is 10.8. The van der Waals surface area contributed by atoms with Crippen molar-refractivity contribution in [1.29, 1.82) is 0 Å². The Bertz CT molecular complexity index is 1390. The Morgan fingerprint density at radius 3 is 2.63 bits per heavy atom. The molecule has 0 spiro atoms. The molecule has 0 aliphatic heterocycles. The van der Waals surface area contributed by atoms with Gasteiger partial charge in [-0.15, -0.1) is 11.3 Å². The largest absolute Gasteiger partial charge is 0.440 e. The van der Waals surface area contributed by atoms with E-state index in [1.165, 1.54) is 11.3 Å². The molecule has 5 rings (SSSR count). The van der Waals surface area contributed by atoms with Gasteiger partial charge in [0.15, 0.2) is 11.5 Å². The van der Waals surface area contributed by atoms with Gasteiger partial charge < -0.3 is 9.73 Å². The van der Waals surface area contributed by atoms with Crippen molar-refractivity contribution in [2.24, 2.45) is 0 Å². The van der Waals surface area contributed by atoms with Gasteiger partial charge in [0.1, 0.15) is 10.4 Å². The van der Waals surface area contributed by atoms with Crippen LogP contribution in [0.3, 0.4) is 0 Å². The molecule has 1 N–H and O–H groups in total. The van der Waals surface area contributed by atoms with Crippen molar-refractivity contribution in [3.05, 3.63) is 93.1 Å². The number of oxazole rings is 1. The first-order valence-electron chi connectivity index (χ1n) is 9.19. The maximum atomic E-state index is 12.7. The highest BCUT2D eigenvalue weighted by molar-refractivity contribution is 7.21. The number of benzene rings is 3. The SMILES string of the molecule is O=C(Nc1ccc(Cc2nc3cc(Cl)ccc3o2)cc1)c1sc2ccccc2c1Cl. The Labute approximate surface area is 186 Å². The van der Waals surface area contributed by atoms with Crippen LogP contribution in [0.2, 0.25) is 10.0 Å². The lowest BCUT2D eigenvalue weighted by Crippen LogP contribution is -2.10. The van der Waals surface area contributed by atoms with E-state index in [1.807, 2.05) is 54.6 Å². The minimum Gasteiger partial charge on any atom is -0.440 e. The fraction of sp³-hybridized carbons (Fsp3) is 0.0435. The van der Waals surface area contributed by atoms with E-state index >= 15 is 0 Å². The summed E-state index contributed by atoms with van der Waals surface area (Å²) >= 11 is 13.8. The predicted octanol–water partition coefficient (Wildman–Crippen LogP) is 7.19. The molecular weight excluding hydrogens is 439 g/mol. The van der Waals surface area contributed by atoms with E-state index < -0.39 is 0 Å². The predicted molar refractivity (Wildman–Crippen MR) is 123 cm³/mol. The highest BCUT2D eigenvalue weighted by Crippen LogP contribution is 2.35. The molecule has 0 atom stereocenters. The number of nitrogens with zero attached hydrogens (tertiary/aromatic N) is 1. The van der Waals surface area contributed by atoms with E-state index in [0.717, 1.165) is 21.2 Å². The molecule has 7 heteroatoms. The highest BCUT2D eigenvalue weighted by atomic mass is 35.5. The number of fused-ring (bicyclic) bond motifs is 2. The molecular formula is C23H14Cl2N2O2S. The van der Waals surface area contributed by atoms with Crippen LogP contribution in [0.15, 0.2) is 71.1 Å². The van der Waals surface area contributed by atoms with Gasteiger partial charge in [0.05, 0.1) is 5.02 Å². The van der Waals surface area contributed by atoms with Crippen molar-refractivity contribution in [2.45, 2.75) is 6.42 Å². The van der Waals surface area contributed by atoms with E-state index in [0.29, 0.717) is 38.5 Å². The number of hydrogen-bond donors (Lipinski definition) is 1. The lowest BCUT2D eigenvalue weighted by molar-refractivity contribution is 0.103. The summed E-state index contributed by atoms with van der Waals surface area (Å²) in [5.74, 6) is 0.394. The quantitative estimate of drug-likeness (QED) is 0.313. The van der Waals surface area contributed by atoms with Crippen molar-refractivity contribution in [1.82, 2.24) is 4.98 Å². The van der Waals surface area contributed by atoms with Gasteiger partial charge in [0.2, 0.25) is 0 Å². The summed E-state index contributed by atoms with van der Waals surface area (Å²) in [6, 6.07) is 20.7. The number of hydrogen-bond acceptors (Lipinski definition) is 4. The molecule has 5 aromatic rings. The molecule has 0 fully saturated rings. The van der Waals surface area contributed by atoms with Gasteiger partial charge in [0.25, 0.3) is 5.91 Å². The Kier molecular flexibility index (Phi) is 4.95. The average Bonchev–Trinajstić information content (AvgIpc) is 3.29. The molecule has 0 unspecified atom stereocenters. The number of rotatable bonds is 4. The summed E-state index contributed by atoms with van der Waals surface area (Å²) in [4.78, 5) is 17.7. The molecule has 2 aromatic heterocycles. The molecule has 4 nitrogen and oxygen atoms in total. The summed E-state index contributed by atoms with van der Waals surface area (Å²) in [5, 5.41) is 4.92. The Morgan fingerprint density at radius 1 is 1.03 bits per heavy atom. The molecule has 0 aliphatic carbocycles. The minimum absolute atomic E-state index is 0.218. The van der Waals surface area contributed by atoms with Gasteiger partial charge in [-0.3, -0.25) is 4.79 Å². The molecule has 0 saturated carbocycles. The van der Waals surface area contributed by atoms with Crippen molar-refractivity contribution in [3.8, 4) is 0 Å². The van der Waals surface area contributed by atoms with E-state index in [4.69, 9.17) is 27.6 Å². The number of carbonyl (C=O) groups excluding carboxylic acids is 1. The number of aromatic nitrogens is 1. The zero-order chi connectivity index (χ0) is 20.7. The molecule has 3 aromatic carbocycles. The fourth-order valence-electron chi connectivity index (χ4n) is 3.25. The van der Waals surface area contributed by atoms with Crippen molar-refractivity contribution < 1.29 is 9.21 Å². The highest BCUT2D eigenvalue weighted by Gasteiger charge is 2.17.